The van der Waals surface area contributed by atoms with E-state index in [1.165, 1.54) is 0 Å². The number of carbonyl (C=O) groups excluding carboxylic acids is 1. The maximum Gasteiger partial charge on any atom is 0.410 e. The molecule has 0 aromatic heterocycles. The van der Waals surface area contributed by atoms with Gasteiger partial charge in [-0.25, -0.2) is 4.79 Å². The van der Waals surface area contributed by atoms with E-state index in [0.717, 1.165) is 30.4 Å². The second-order valence-corrected chi connectivity index (χ2v) is 9.11. The summed E-state index contributed by atoms with van der Waals surface area (Å²) in [5.41, 5.74) is 1.77. The van der Waals surface area contributed by atoms with Gasteiger partial charge in [-0.15, -0.1) is 0 Å². The van der Waals surface area contributed by atoms with Crippen molar-refractivity contribution < 1.29 is 24.3 Å². The molecule has 2 aliphatic heterocycles. The molecule has 4 rings (SSSR count). The average molecular weight is 469 g/mol. The van der Waals surface area contributed by atoms with Crippen molar-refractivity contribution in [3.8, 4) is 0 Å². The first-order valence-electron chi connectivity index (χ1n) is 12.0. The highest BCUT2D eigenvalue weighted by atomic mass is 16.6. The normalized spacial score (nSPS) is 24.0. The molecule has 182 valence electrons. The summed E-state index contributed by atoms with van der Waals surface area (Å²) in [5.74, 6) is -0.835. The summed E-state index contributed by atoms with van der Waals surface area (Å²) in [6.45, 7) is 0.392. The Kier molecular flexibility index (Phi) is 8.13. The van der Waals surface area contributed by atoms with Crippen LogP contribution < -0.4 is 0 Å². The number of nitrogens with zero attached hydrogens (tertiary/aromatic N) is 2. The molecule has 0 spiro atoms. The summed E-state index contributed by atoms with van der Waals surface area (Å²) in [7, 11) is 0. The molecule has 2 aromatic rings. The van der Waals surface area contributed by atoms with Crippen LogP contribution in [0.4, 0.5) is 4.79 Å². The molecule has 0 radical (unpaired) electrons. The van der Waals surface area contributed by atoms with Crippen molar-refractivity contribution in [2.45, 2.75) is 56.5 Å². The topological polar surface area (TPSA) is 102 Å². The SMILES string of the molecule is O=C(OCc1ccccc1)N1CCC[C@H]1[C@@H]1CC[C@@H]([C@@H](CO)[C@H](C[N+](=O)[O-])c2ccccc2)O1. The molecule has 0 aliphatic carbocycles. The number of rotatable bonds is 9. The van der Waals surface area contributed by atoms with E-state index < -0.39 is 11.8 Å². The molecule has 2 fully saturated rings. The van der Waals surface area contributed by atoms with Gasteiger partial charge in [-0.3, -0.25) is 10.1 Å². The maximum atomic E-state index is 12.8. The highest BCUT2D eigenvalue weighted by Gasteiger charge is 2.44. The maximum absolute atomic E-state index is 12.8. The third-order valence-electron chi connectivity index (χ3n) is 7.03. The van der Waals surface area contributed by atoms with Crippen LogP contribution >= 0.6 is 0 Å². The van der Waals surface area contributed by atoms with Gasteiger partial charge in [-0.05, 0) is 36.8 Å². The lowest BCUT2D eigenvalue weighted by Crippen LogP contribution is -2.43. The smallest absolute Gasteiger partial charge is 0.410 e. The van der Waals surface area contributed by atoms with Crippen LogP contribution in [0.1, 0.15) is 42.7 Å². The summed E-state index contributed by atoms with van der Waals surface area (Å²) in [4.78, 5) is 25.6. The van der Waals surface area contributed by atoms with Crippen molar-refractivity contribution in [1.82, 2.24) is 4.90 Å². The fourth-order valence-electron chi connectivity index (χ4n) is 5.35. The summed E-state index contributed by atoms with van der Waals surface area (Å²) < 4.78 is 11.9. The molecule has 0 saturated carbocycles. The lowest BCUT2D eigenvalue weighted by molar-refractivity contribution is -0.485. The number of hydrogen-bond acceptors (Lipinski definition) is 6. The molecule has 34 heavy (non-hydrogen) atoms. The second kappa shape index (κ2) is 11.4. The zero-order valence-electron chi connectivity index (χ0n) is 19.2. The van der Waals surface area contributed by atoms with Gasteiger partial charge in [0.05, 0.1) is 24.2 Å². The van der Waals surface area contributed by atoms with Crippen LogP contribution in [-0.4, -0.2) is 59.0 Å². The Morgan fingerprint density at radius 1 is 1.12 bits per heavy atom. The zero-order valence-corrected chi connectivity index (χ0v) is 19.2. The van der Waals surface area contributed by atoms with E-state index in [0.29, 0.717) is 13.0 Å². The van der Waals surface area contributed by atoms with Crippen molar-refractivity contribution in [3.05, 3.63) is 81.9 Å². The molecule has 1 N–H and O–H groups in total. The zero-order chi connectivity index (χ0) is 23.9. The molecule has 0 bridgehead atoms. The van der Waals surface area contributed by atoms with Gasteiger partial charge in [-0.1, -0.05) is 60.7 Å². The average Bonchev–Trinajstić information content (AvgIpc) is 3.53. The van der Waals surface area contributed by atoms with Crippen molar-refractivity contribution in [2.24, 2.45) is 5.92 Å². The van der Waals surface area contributed by atoms with Gasteiger partial charge in [0.2, 0.25) is 6.54 Å². The van der Waals surface area contributed by atoms with Gasteiger partial charge in [0.1, 0.15) is 6.61 Å². The van der Waals surface area contributed by atoms with Crippen molar-refractivity contribution >= 4 is 6.09 Å². The number of ether oxygens (including phenoxy) is 2. The predicted molar refractivity (Wildman–Crippen MR) is 126 cm³/mol. The molecule has 2 aliphatic rings. The molecule has 0 unspecified atom stereocenters. The standard InChI is InChI=1S/C26H32N2O6/c29-17-22(21(16-28(31)32)20-10-5-2-6-11-20)24-13-14-25(34-24)23-12-7-15-27(23)26(30)33-18-19-8-3-1-4-9-19/h1-6,8-11,21-25,29H,7,12-18H2/t21-,22+,23+,24+,25+/m1/s1. The van der Waals surface area contributed by atoms with Crippen LogP contribution in [0, 0.1) is 16.0 Å². The Hall–Kier alpha value is -2.97. The van der Waals surface area contributed by atoms with Crippen LogP contribution in [0.5, 0.6) is 0 Å². The van der Waals surface area contributed by atoms with E-state index in [-0.39, 0.29) is 49.0 Å². The van der Waals surface area contributed by atoms with E-state index in [1.54, 1.807) is 4.90 Å². The van der Waals surface area contributed by atoms with Crippen LogP contribution in [0.25, 0.3) is 0 Å². The van der Waals surface area contributed by atoms with Gasteiger partial charge in [0, 0.05) is 24.0 Å². The Labute approximate surface area is 199 Å². The number of nitro groups is 1. The molecule has 8 heteroatoms. The molecule has 2 heterocycles. The molecule has 2 saturated heterocycles. The Balaban J connectivity index is 1.40. The molecular weight excluding hydrogens is 436 g/mol. The van der Waals surface area contributed by atoms with E-state index >= 15 is 0 Å². The van der Waals surface area contributed by atoms with Crippen LogP contribution in [0.3, 0.4) is 0 Å². The monoisotopic (exact) mass is 468 g/mol. The van der Waals surface area contributed by atoms with Gasteiger partial charge in [0.15, 0.2) is 0 Å². The number of aliphatic hydroxyl groups is 1. The van der Waals surface area contributed by atoms with Gasteiger partial charge >= 0.3 is 6.09 Å². The third-order valence-corrected chi connectivity index (χ3v) is 7.03. The largest absolute Gasteiger partial charge is 0.445 e. The van der Waals surface area contributed by atoms with Gasteiger partial charge in [-0.2, -0.15) is 0 Å². The Bertz CT molecular complexity index is 941. The first-order chi connectivity index (χ1) is 16.6. The number of benzene rings is 2. The highest BCUT2D eigenvalue weighted by Crippen LogP contribution is 2.38. The summed E-state index contributed by atoms with van der Waals surface area (Å²) in [6.07, 6.45) is 2.34. The first-order valence-corrected chi connectivity index (χ1v) is 12.0. The Morgan fingerprint density at radius 2 is 1.82 bits per heavy atom. The van der Waals surface area contributed by atoms with Crippen molar-refractivity contribution in [1.29, 1.82) is 0 Å². The minimum atomic E-state index is -0.444. The summed E-state index contributed by atoms with van der Waals surface area (Å²) in [6, 6.07) is 18.8. The van der Waals surface area contributed by atoms with Crippen LogP contribution in [0.2, 0.25) is 0 Å². The number of amides is 1. The summed E-state index contributed by atoms with van der Waals surface area (Å²) in [5, 5.41) is 21.6. The van der Waals surface area contributed by atoms with Crippen molar-refractivity contribution in [2.75, 3.05) is 19.7 Å². The van der Waals surface area contributed by atoms with E-state index in [1.807, 2.05) is 60.7 Å². The van der Waals surface area contributed by atoms with Crippen LogP contribution in [0.15, 0.2) is 60.7 Å². The Morgan fingerprint density at radius 3 is 2.50 bits per heavy atom. The molecule has 8 nitrogen and oxygen atoms in total. The van der Waals surface area contributed by atoms with Crippen LogP contribution in [-0.2, 0) is 16.1 Å². The van der Waals surface area contributed by atoms with Gasteiger partial charge in [0.25, 0.3) is 0 Å². The minimum Gasteiger partial charge on any atom is -0.445 e. The molecule has 2 aromatic carbocycles. The fourth-order valence-corrected chi connectivity index (χ4v) is 5.35. The number of hydrogen-bond donors (Lipinski definition) is 1. The number of aliphatic hydroxyl groups excluding tert-OH is 1. The molecule has 5 atom stereocenters. The second-order valence-electron chi connectivity index (χ2n) is 9.11. The fraction of sp³-hybridized carbons (Fsp3) is 0.500. The third kappa shape index (κ3) is 5.74. The number of carbonyl (C=O) groups is 1. The minimum absolute atomic E-state index is 0.0849. The van der Waals surface area contributed by atoms with E-state index in [9.17, 15) is 20.0 Å². The summed E-state index contributed by atoms with van der Waals surface area (Å²) >= 11 is 0. The quantitative estimate of drug-likeness (QED) is 0.441. The predicted octanol–water partition coefficient (Wildman–Crippen LogP) is 4.00. The molecule has 1 amide bonds. The number of likely N-dealkylation sites (tertiary alicyclic amines) is 1. The lowest BCUT2D eigenvalue weighted by atomic mass is 9.82. The first kappa shape index (κ1) is 24.2. The van der Waals surface area contributed by atoms with Crippen molar-refractivity contribution in [3.63, 3.8) is 0 Å². The van der Waals surface area contributed by atoms with Gasteiger partial charge < -0.3 is 19.5 Å². The lowest BCUT2D eigenvalue weighted by Gasteiger charge is -2.31. The molecular formula is C26H32N2O6. The highest BCUT2D eigenvalue weighted by molar-refractivity contribution is 5.68. The van der Waals surface area contributed by atoms with E-state index in [2.05, 4.69) is 0 Å². The van der Waals surface area contributed by atoms with E-state index in [4.69, 9.17) is 9.47 Å².